The van der Waals surface area contributed by atoms with Crippen molar-refractivity contribution in [1.29, 1.82) is 0 Å². The van der Waals surface area contributed by atoms with Crippen molar-refractivity contribution in [3.8, 4) is 0 Å². The zero-order valence-corrected chi connectivity index (χ0v) is 14.9. The molecule has 3 aromatic rings. The van der Waals surface area contributed by atoms with Gasteiger partial charge in [-0.2, -0.15) is 13.2 Å². The summed E-state index contributed by atoms with van der Waals surface area (Å²) in [5.74, 6) is -2.76. The molecule has 0 spiro atoms. The van der Waals surface area contributed by atoms with Gasteiger partial charge >= 0.3 is 12.1 Å². The van der Waals surface area contributed by atoms with Crippen LogP contribution < -0.4 is 5.32 Å². The van der Waals surface area contributed by atoms with Crippen molar-refractivity contribution in [2.45, 2.75) is 19.3 Å². The van der Waals surface area contributed by atoms with Crippen LogP contribution in [0.2, 0.25) is 5.02 Å². The molecule has 142 valence electrons. The number of carboxylic acids is 1. The van der Waals surface area contributed by atoms with Crippen LogP contribution in [0.3, 0.4) is 0 Å². The highest BCUT2D eigenvalue weighted by Crippen LogP contribution is 2.19. The van der Waals surface area contributed by atoms with E-state index < -0.39 is 12.1 Å². The van der Waals surface area contributed by atoms with Gasteiger partial charge in [0.1, 0.15) is 0 Å². The van der Waals surface area contributed by atoms with Crippen LogP contribution in [0.5, 0.6) is 0 Å². The van der Waals surface area contributed by atoms with Crippen LogP contribution >= 0.6 is 11.6 Å². The lowest BCUT2D eigenvalue weighted by atomic mass is 10.0. The minimum absolute atomic E-state index is 0.781. The van der Waals surface area contributed by atoms with Gasteiger partial charge in [0.2, 0.25) is 0 Å². The fourth-order valence-electron chi connectivity index (χ4n) is 2.42. The number of fused-ring (bicyclic) bond motifs is 1. The molecule has 0 aliphatic heterocycles. The molecule has 2 N–H and O–H groups in total. The monoisotopic (exact) mass is 395 g/mol. The van der Waals surface area contributed by atoms with E-state index in [1.165, 1.54) is 16.3 Å². The molecule has 0 unspecified atom stereocenters. The Kier molecular flexibility index (Phi) is 7.21. The topological polar surface area (TPSA) is 49.3 Å². The average Bonchev–Trinajstić information content (AvgIpc) is 2.63. The summed E-state index contributed by atoms with van der Waals surface area (Å²) in [6.45, 7) is 1.62. The van der Waals surface area contributed by atoms with E-state index in [1.807, 2.05) is 18.2 Å². The number of rotatable bonds is 4. The third kappa shape index (κ3) is 6.27. The van der Waals surface area contributed by atoms with Crippen molar-refractivity contribution < 1.29 is 23.1 Å². The van der Waals surface area contributed by atoms with E-state index >= 15 is 0 Å². The molecule has 0 saturated heterocycles. The Morgan fingerprint density at radius 2 is 1.41 bits per heavy atom. The Morgan fingerprint density at radius 1 is 0.889 bits per heavy atom. The average molecular weight is 396 g/mol. The number of carbonyl (C=O) groups is 1. The highest BCUT2D eigenvalue weighted by atomic mass is 35.5. The third-order valence-corrected chi connectivity index (χ3v) is 4.08. The number of benzene rings is 3. The first-order chi connectivity index (χ1) is 12.8. The molecule has 0 fully saturated rings. The third-order valence-electron chi connectivity index (χ3n) is 3.71. The first-order valence-corrected chi connectivity index (χ1v) is 8.37. The summed E-state index contributed by atoms with van der Waals surface area (Å²) < 4.78 is 31.7. The maximum Gasteiger partial charge on any atom is 0.490 e. The van der Waals surface area contributed by atoms with Crippen LogP contribution in [0.15, 0.2) is 66.7 Å². The molecule has 0 amide bonds. The highest BCUT2D eigenvalue weighted by Gasteiger charge is 2.38. The van der Waals surface area contributed by atoms with Gasteiger partial charge in [0.25, 0.3) is 0 Å². The molecule has 0 bridgehead atoms. The molecular weight excluding hydrogens is 379 g/mol. The van der Waals surface area contributed by atoms with Gasteiger partial charge in [-0.05, 0) is 28.0 Å². The summed E-state index contributed by atoms with van der Waals surface area (Å²) in [4.78, 5) is 8.90. The molecule has 0 radical (unpaired) electrons. The zero-order valence-electron chi connectivity index (χ0n) is 14.1. The molecule has 0 aromatic heterocycles. The highest BCUT2D eigenvalue weighted by molar-refractivity contribution is 6.31. The maximum atomic E-state index is 10.6. The Labute approximate surface area is 159 Å². The van der Waals surface area contributed by atoms with Crippen LogP contribution in [-0.2, 0) is 17.9 Å². The van der Waals surface area contributed by atoms with Crippen LogP contribution in [-0.4, -0.2) is 17.3 Å². The molecule has 0 heterocycles. The van der Waals surface area contributed by atoms with Gasteiger partial charge in [-0.3, -0.25) is 0 Å². The van der Waals surface area contributed by atoms with Crippen molar-refractivity contribution in [3.63, 3.8) is 0 Å². The molecule has 0 aliphatic carbocycles. The molecule has 0 atom stereocenters. The molecule has 27 heavy (non-hydrogen) atoms. The summed E-state index contributed by atoms with van der Waals surface area (Å²) in [5.41, 5.74) is 2.45. The molecule has 3 nitrogen and oxygen atoms in total. The normalized spacial score (nSPS) is 11.0. The second kappa shape index (κ2) is 9.39. The summed E-state index contributed by atoms with van der Waals surface area (Å²) in [6, 6.07) is 22.8. The Hall–Kier alpha value is -2.57. The first-order valence-electron chi connectivity index (χ1n) is 8.00. The molecule has 0 aliphatic rings. The van der Waals surface area contributed by atoms with Gasteiger partial charge in [-0.25, -0.2) is 4.79 Å². The molecule has 3 aromatic carbocycles. The van der Waals surface area contributed by atoms with Gasteiger partial charge < -0.3 is 10.4 Å². The van der Waals surface area contributed by atoms with Crippen LogP contribution in [0.4, 0.5) is 13.2 Å². The number of nitrogens with one attached hydrogen (secondary N) is 1. The smallest absolute Gasteiger partial charge is 0.475 e. The van der Waals surface area contributed by atoms with Gasteiger partial charge in [-0.15, -0.1) is 0 Å². The van der Waals surface area contributed by atoms with Gasteiger partial charge in [0.05, 0.1) is 0 Å². The van der Waals surface area contributed by atoms with E-state index in [2.05, 4.69) is 53.8 Å². The van der Waals surface area contributed by atoms with E-state index in [0.717, 1.165) is 23.7 Å². The molecule has 3 rings (SSSR count). The van der Waals surface area contributed by atoms with E-state index in [1.54, 1.807) is 0 Å². The van der Waals surface area contributed by atoms with E-state index in [0.29, 0.717) is 0 Å². The predicted octanol–water partition coefficient (Wildman–Crippen LogP) is 5.42. The number of hydrogen-bond donors (Lipinski definition) is 2. The lowest BCUT2D eigenvalue weighted by Crippen LogP contribution is -2.21. The Morgan fingerprint density at radius 3 is 2.07 bits per heavy atom. The number of halogens is 4. The second-order valence-corrected chi connectivity index (χ2v) is 6.04. The number of aliphatic carboxylic acids is 1. The van der Waals surface area contributed by atoms with Gasteiger partial charge in [0, 0.05) is 18.1 Å². The van der Waals surface area contributed by atoms with Crippen LogP contribution in [0.1, 0.15) is 11.1 Å². The fourth-order valence-corrected chi connectivity index (χ4v) is 2.62. The van der Waals surface area contributed by atoms with E-state index in [-0.39, 0.29) is 0 Å². The summed E-state index contributed by atoms with van der Waals surface area (Å²) in [6.07, 6.45) is -5.08. The number of alkyl halides is 3. The number of carboxylic acid groups (broad SMARTS) is 1. The van der Waals surface area contributed by atoms with Gasteiger partial charge in [-0.1, -0.05) is 72.3 Å². The van der Waals surface area contributed by atoms with Crippen molar-refractivity contribution in [2.75, 3.05) is 0 Å². The zero-order chi connectivity index (χ0) is 19.9. The van der Waals surface area contributed by atoms with Crippen LogP contribution in [0, 0.1) is 0 Å². The largest absolute Gasteiger partial charge is 0.490 e. The minimum atomic E-state index is -5.08. The van der Waals surface area contributed by atoms with E-state index in [9.17, 15) is 13.2 Å². The van der Waals surface area contributed by atoms with Crippen molar-refractivity contribution >= 4 is 28.3 Å². The summed E-state index contributed by atoms with van der Waals surface area (Å²) >= 11 is 6.16. The Balaban J connectivity index is 0.000000321. The lowest BCUT2D eigenvalue weighted by molar-refractivity contribution is -0.192. The molecule has 0 saturated carbocycles. The fraction of sp³-hybridized carbons (Fsp3) is 0.150. The summed E-state index contributed by atoms with van der Waals surface area (Å²) in [5, 5.41) is 14.0. The Bertz CT molecular complexity index is 908. The van der Waals surface area contributed by atoms with Crippen molar-refractivity contribution in [1.82, 2.24) is 5.32 Å². The van der Waals surface area contributed by atoms with Gasteiger partial charge in [0.15, 0.2) is 0 Å². The van der Waals surface area contributed by atoms with Crippen molar-refractivity contribution in [2.24, 2.45) is 0 Å². The standard InChI is InChI=1S/C18H16ClN.C2HF3O2/c19-18-11-4-2-7-16(18)13-20-12-15-9-5-8-14-6-1-3-10-17(14)15;3-2(4,5)1(6)7/h1-11,20H,12-13H2;(H,6,7). The first kappa shape index (κ1) is 20.7. The summed E-state index contributed by atoms with van der Waals surface area (Å²) in [7, 11) is 0. The maximum absolute atomic E-state index is 10.6. The molecule has 7 heteroatoms. The van der Waals surface area contributed by atoms with E-state index in [4.69, 9.17) is 21.5 Å². The lowest BCUT2D eigenvalue weighted by Gasteiger charge is -2.09. The SMILES string of the molecule is Clc1ccccc1CNCc1cccc2ccccc12.O=C(O)C(F)(F)F. The predicted molar refractivity (Wildman–Crippen MR) is 99.6 cm³/mol. The second-order valence-electron chi connectivity index (χ2n) is 5.64. The number of hydrogen-bond acceptors (Lipinski definition) is 2. The minimum Gasteiger partial charge on any atom is -0.475 e. The quantitative estimate of drug-likeness (QED) is 0.620. The van der Waals surface area contributed by atoms with Crippen molar-refractivity contribution in [3.05, 3.63) is 82.9 Å². The van der Waals surface area contributed by atoms with Crippen LogP contribution in [0.25, 0.3) is 10.8 Å². The molecular formula is C20H17ClF3NO2.